The maximum Gasteiger partial charge on any atom is 0.409 e. The van der Waals surface area contributed by atoms with E-state index in [4.69, 9.17) is 5.73 Å². The van der Waals surface area contributed by atoms with Gasteiger partial charge in [0.2, 0.25) is 11.8 Å². The van der Waals surface area contributed by atoms with Crippen LogP contribution in [0.25, 0.3) is 0 Å². The molecule has 0 spiro atoms. The molecular formula is C11H10N2O4. The molecule has 2 rings (SSSR count). The van der Waals surface area contributed by atoms with E-state index in [-0.39, 0.29) is 30.4 Å². The van der Waals surface area contributed by atoms with Gasteiger partial charge in [0, 0.05) is 12.8 Å². The largest absolute Gasteiger partial charge is 0.411 e. The van der Waals surface area contributed by atoms with E-state index >= 15 is 0 Å². The second-order valence-electron chi connectivity index (χ2n) is 3.54. The average molecular weight is 234 g/mol. The van der Waals surface area contributed by atoms with Gasteiger partial charge in [0.05, 0.1) is 5.69 Å². The summed E-state index contributed by atoms with van der Waals surface area (Å²) in [4.78, 5) is 34.5. The number of carbonyl (C=O) groups is 3. The van der Waals surface area contributed by atoms with Crippen LogP contribution in [-0.4, -0.2) is 17.9 Å². The number of hydrogen-bond donors (Lipinski definition) is 1. The smallest absolute Gasteiger partial charge is 0.409 e. The van der Waals surface area contributed by atoms with Gasteiger partial charge < -0.3 is 10.5 Å². The number of ether oxygens (including phenoxy) is 1. The summed E-state index contributed by atoms with van der Waals surface area (Å²) >= 11 is 0. The highest BCUT2D eigenvalue weighted by Gasteiger charge is 2.30. The predicted molar refractivity (Wildman–Crippen MR) is 58.4 cm³/mol. The molecule has 17 heavy (non-hydrogen) atoms. The fourth-order valence-corrected chi connectivity index (χ4v) is 1.64. The van der Waals surface area contributed by atoms with E-state index in [9.17, 15) is 14.4 Å². The Labute approximate surface area is 96.9 Å². The van der Waals surface area contributed by atoms with Crippen LogP contribution in [0.15, 0.2) is 24.3 Å². The minimum atomic E-state index is -0.911. The fourth-order valence-electron chi connectivity index (χ4n) is 1.64. The summed E-state index contributed by atoms with van der Waals surface area (Å²) in [6, 6.07) is 6.00. The lowest BCUT2D eigenvalue weighted by Crippen LogP contribution is -2.28. The maximum atomic E-state index is 11.4. The first kappa shape index (κ1) is 11.1. The minimum Gasteiger partial charge on any atom is -0.411 e. The van der Waals surface area contributed by atoms with Gasteiger partial charge in [0.25, 0.3) is 0 Å². The van der Waals surface area contributed by atoms with Gasteiger partial charge >= 0.3 is 6.09 Å². The summed E-state index contributed by atoms with van der Waals surface area (Å²) in [5, 5.41) is 0. The van der Waals surface area contributed by atoms with E-state index in [0.29, 0.717) is 5.69 Å². The van der Waals surface area contributed by atoms with Gasteiger partial charge in [-0.05, 0) is 24.3 Å². The third-order valence-corrected chi connectivity index (χ3v) is 2.36. The number of nitrogens with two attached hydrogens (primary N) is 1. The summed E-state index contributed by atoms with van der Waals surface area (Å²) in [7, 11) is 0. The summed E-state index contributed by atoms with van der Waals surface area (Å²) in [5.41, 5.74) is 5.32. The number of amides is 3. The molecule has 0 aliphatic carbocycles. The first-order valence-electron chi connectivity index (χ1n) is 5.01. The van der Waals surface area contributed by atoms with Crippen molar-refractivity contribution >= 4 is 23.6 Å². The predicted octanol–water partition coefficient (Wildman–Crippen LogP) is 0.798. The lowest BCUT2D eigenvalue weighted by atomic mass is 10.3. The minimum absolute atomic E-state index is 0.224. The first-order chi connectivity index (χ1) is 8.08. The van der Waals surface area contributed by atoms with Crippen LogP contribution in [0.5, 0.6) is 5.75 Å². The van der Waals surface area contributed by atoms with E-state index < -0.39 is 6.09 Å². The molecule has 1 saturated heterocycles. The molecule has 2 N–H and O–H groups in total. The lowest BCUT2D eigenvalue weighted by molar-refractivity contribution is -0.121. The molecule has 0 atom stereocenters. The number of benzene rings is 1. The molecule has 0 radical (unpaired) electrons. The van der Waals surface area contributed by atoms with Crippen LogP contribution in [0.2, 0.25) is 0 Å². The number of nitrogens with zero attached hydrogens (tertiary/aromatic N) is 1. The molecule has 1 aliphatic heterocycles. The second kappa shape index (κ2) is 4.25. The summed E-state index contributed by atoms with van der Waals surface area (Å²) in [5.74, 6) is -0.183. The third-order valence-electron chi connectivity index (χ3n) is 2.36. The number of hydrogen-bond acceptors (Lipinski definition) is 4. The highest BCUT2D eigenvalue weighted by atomic mass is 16.5. The highest BCUT2D eigenvalue weighted by molar-refractivity contribution is 6.19. The average Bonchev–Trinajstić information content (AvgIpc) is 2.59. The molecule has 1 aliphatic rings. The highest BCUT2D eigenvalue weighted by Crippen LogP contribution is 2.24. The maximum absolute atomic E-state index is 11.4. The molecule has 1 heterocycles. The Bertz CT molecular complexity index is 465. The SMILES string of the molecule is NC(=O)Oc1ccc(N2C(=O)CCC2=O)cc1. The number of imide groups is 1. The fraction of sp³-hybridized carbons (Fsp3) is 0.182. The number of rotatable bonds is 2. The lowest BCUT2D eigenvalue weighted by Gasteiger charge is -2.13. The molecule has 0 unspecified atom stereocenters. The zero-order chi connectivity index (χ0) is 12.4. The summed E-state index contributed by atoms with van der Waals surface area (Å²) < 4.78 is 4.64. The number of carbonyl (C=O) groups excluding carboxylic acids is 3. The topological polar surface area (TPSA) is 89.7 Å². The summed E-state index contributed by atoms with van der Waals surface area (Å²) in [6.45, 7) is 0. The molecule has 0 bridgehead atoms. The molecule has 0 aromatic heterocycles. The van der Waals surface area contributed by atoms with E-state index in [1.807, 2.05) is 0 Å². The van der Waals surface area contributed by atoms with Crippen molar-refractivity contribution in [2.45, 2.75) is 12.8 Å². The van der Waals surface area contributed by atoms with Gasteiger partial charge in [-0.3, -0.25) is 14.5 Å². The van der Waals surface area contributed by atoms with Crippen molar-refractivity contribution in [1.82, 2.24) is 0 Å². The molecule has 88 valence electrons. The Kier molecular flexibility index (Phi) is 2.78. The number of primary amides is 1. The van der Waals surface area contributed by atoms with E-state index in [1.165, 1.54) is 24.3 Å². The van der Waals surface area contributed by atoms with Crippen LogP contribution in [0.3, 0.4) is 0 Å². The quantitative estimate of drug-likeness (QED) is 0.766. The van der Waals surface area contributed by atoms with Gasteiger partial charge in [-0.2, -0.15) is 0 Å². The van der Waals surface area contributed by atoms with E-state index in [1.54, 1.807) is 0 Å². The van der Waals surface area contributed by atoms with Crippen molar-refractivity contribution in [3.63, 3.8) is 0 Å². The molecule has 1 fully saturated rings. The van der Waals surface area contributed by atoms with Gasteiger partial charge in [-0.1, -0.05) is 0 Å². The zero-order valence-electron chi connectivity index (χ0n) is 8.88. The Morgan fingerprint density at radius 3 is 2.12 bits per heavy atom. The molecule has 1 aromatic rings. The van der Waals surface area contributed by atoms with Gasteiger partial charge in [0.15, 0.2) is 0 Å². The van der Waals surface area contributed by atoms with Crippen molar-refractivity contribution < 1.29 is 19.1 Å². The molecular weight excluding hydrogens is 224 g/mol. The molecule has 6 heteroatoms. The molecule has 1 aromatic carbocycles. The Morgan fingerprint density at radius 2 is 1.65 bits per heavy atom. The van der Waals surface area contributed by atoms with Crippen molar-refractivity contribution in [2.75, 3.05) is 4.90 Å². The first-order valence-corrected chi connectivity index (χ1v) is 5.01. The second-order valence-corrected chi connectivity index (χ2v) is 3.54. The van der Waals surface area contributed by atoms with Crippen molar-refractivity contribution in [3.8, 4) is 5.75 Å². The van der Waals surface area contributed by atoms with E-state index in [0.717, 1.165) is 4.90 Å². The van der Waals surface area contributed by atoms with Crippen LogP contribution in [0.4, 0.5) is 10.5 Å². The number of anilines is 1. The van der Waals surface area contributed by atoms with Crippen molar-refractivity contribution in [1.29, 1.82) is 0 Å². The van der Waals surface area contributed by atoms with Gasteiger partial charge in [-0.15, -0.1) is 0 Å². The third kappa shape index (κ3) is 2.25. The zero-order valence-corrected chi connectivity index (χ0v) is 8.88. The normalized spacial score (nSPS) is 15.2. The molecule has 3 amide bonds. The van der Waals surface area contributed by atoms with Gasteiger partial charge in [0.1, 0.15) is 5.75 Å². The van der Waals surface area contributed by atoms with Crippen LogP contribution in [0, 0.1) is 0 Å². The monoisotopic (exact) mass is 234 g/mol. The standard InChI is InChI=1S/C11H10N2O4/c12-11(16)17-8-3-1-7(2-4-8)13-9(14)5-6-10(13)15/h1-4H,5-6H2,(H2,12,16). The van der Waals surface area contributed by atoms with Crippen molar-refractivity contribution in [2.24, 2.45) is 5.73 Å². The Balaban J connectivity index is 2.20. The van der Waals surface area contributed by atoms with Crippen LogP contribution >= 0.6 is 0 Å². The Hall–Kier alpha value is -2.37. The van der Waals surface area contributed by atoms with Gasteiger partial charge in [-0.25, -0.2) is 4.79 Å². The van der Waals surface area contributed by atoms with Crippen LogP contribution < -0.4 is 15.4 Å². The van der Waals surface area contributed by atoms with Crippen LogP contribution in [0.1, 0.15) is 12.8 Å². The molecule has 0 saturated carbocycles. The Morgan fingerprint density at radius 1 is 1.12 bits per heavy atom. The van der Waals surface area contributed by atoms with Crippen molar-refractivity contribution in [3.05, 3.63) is 24.3 Å². The summed E-state index contributed by atoms with van der Waals surface area (Å²) in [6.07, 6.45) is -0.442. The molecule has 6 nitrogen and oxygen atoms in total. The van der Waals surface area contributed by atoms with Crippen LogP contribution in [-0.2, 0) is 9.59 Å². The van der Waals surface area contributed by atoms with E-state index in [2.05, 4.69) is 4.74 Å².